The molecule has 0 rings (SSSR count). The molecule has 2 heteroatoms. The average Bonchev–Trinajstić information content (AvgIpc) is 1.81. The molecule has 0 nitrogen and oxygen atoms in total. The number of hydrogen-bond acceptors (Lipinski definition) is 0. The van der Waals surface area contributed by atoms with Crippen LogP contribution in [-0.4, -0.2) is 0 Å². The Morgan fingerprint density at radius 1 is 1.62 bits per heavy atom. The zero-order chi connectivity index (χ0) is 6.24. The van der Waals surface area contributed by atoms with Crippen LogP contribution in [0.5, 0.6) is 0 Å². The molecule has 0 aliphatic carbocycles. The summed E-state index contributed by atoms with van der Waals surface area (Å²) < 4.78 is 13.8. The van der Waals surface area contributed by atoms with E-state index < -0.39 is 45.1 Å². The number of hydrogen-bond donors (Lipinski definition) is 0. The van der Waals surface area contributed by atoms with E-state index >= 15 is 0 Å². The minimum absolute atomic E-state index is 0.870. The molecule has 0 aliphatic rings. The molecule has 0 fully saturated rings. The predicted octanol–water partition coefficient (Wildman–Crippen LogP) is 2.11. The molecule has 0 heterocycles. The van der Waals surface area contributed by atoms with Crippen LogP contribution in [0.4, 0.5) is 0.0835 Å². The van der Waals surface area contributed by atoms with Gasteiger partial charge in [-0.2, -0.15) is 0 Å². The van der Waals surface area contributed by atoms with Crippen molar-refractivity contribution in [3.8, 4) is 6.31 Å². The first kappa shape index (κ1) is 9.06. The molecule has 0 amide bonds. The molecule has 0 saturated heterocycles. The van der Waals surface area contributed by atoms with Crippen molar-refractivity contribution in [1.29, 1.82) is 0 Å². The first-order valence-electron chi connectivity index (χ1n) is 2.62. The van der Waals surface area contributed by atoms with Crippen molar-refractivity contribution in [1.82, 2.24) is 0 Å². The van der Waals surface area contributed by atoms with E-state index in [9.17, 15) is 0.0835 Å². The Labute approximate surface area is 76.4 Å². The van der Waals surface area contributed by atoms with Gasteiger partial charge in [-0.3, -0.25) is 0 Å². The summed E-state index contributed by atoms with van der Waals surface area (Å²) >= 11 is -1.13. The van der Waals surface area contributed by atoms with Crippen LogP contribution in [0, 0.1) is 51.4 Å². The molecule has 0 spiro atoms. The van der Waals surface area contributed by atoms with Crippen LogP contribution in [0.3, 0.4) is 0 Å². The van der Waals surface area contributed by atoms with E-state index in [4.69, 9.17) is 0 Å². The SMILES string of the molecule is CCCCC#C[Xe]F. The first-order chi connectivity index (χ1) is 3.91. The van der Waals surface area contributed by atoms with E-state index in [0.29, 0.717) is 0 Å². The van der Waals surface area contributed by atoms with Gasteiger partial charge in [-0.05, 0) is 0 Å². The van der Waals surface area contributed by atoms with Gasteiger partial charge in [-0.15, -0.1) is 0 Å². The molecular formula is C6H9FXe. The topological polar surface area (TPSA) is 0 Å². The molecule has 48 valence electrons. The Hall–Kier alpha value is 1.06. The van der Waals surface area contributed by atoms with E-state index in [1.807, 2.05) is 0 Å². The van der Waals surface area contributed by atoms with Crippen molar-refractivity contribution in [2.45, 2.75) is 26.2 Å². The van der Waals surface area contributed by atoms with Gasteiger partial charge in [0.05, 0.1) is 0 Å². The van der Waals surface area contributed by atoms with E-state index in [1.165, 1.54) is 0 Å². The van der Waals surface area contributed by atoms with E-state index in [-0.39, 0.29) is 0 Å². The predicted molar refractivity (Wildman–Crippen MR) is 28.4 cm³/mol. The molecule has 0 unspecified atom stereocenters. The molecule has 8 heavy (non-hydrogen) atoms. The van der Waals surface area contributed by atoms with Crippen LogP contribution < -0.4 is 0 Å². The van der Waals surface area contributed by atoms with Gasteiger partial charge in [0.25, 0.3) is 0 Å². The van der Waals surface area contributed by atoms with Crippen molar-refractivity contribution in [2.75, 3.05) is 0 Å². The third-order valence-electron chi connectivity index (χ3n) is 0.751. The van der Waals surface area contributed by atoms with Gasteiger partial charge in [-0.1, -0.05) is 0 Å². The summed E-state index contributed by atoms with van der Waals surface area (Å²) in [6.45, 7) is 2.10. The van der Waals surface area contributed by atoms with Gasteiger partial charge < -0.3 is 0 Å². The quantitative estimate of drug-likeness (QED) is 0.504. The van der Waals surface area contributed by atoms with Crippen LogP contribution in [0.25, 0.3) is 0 Å². The summed E-state index contributed by atoms with van der Waals surface area (Å²) in [4.78, 5) is 0. The normalized spacial score (nSPS) is 8.25. The summed E-state index contributed by atoms with van der Waals surface area (Å²) in [6.07, 6.45) is 3.12. The third kappa shape index (κ3) is 7.06. The van der Waals surface area contributed by atoms with Gasteiger partial charge in [0.15, 0.2) is 0 Å². The molecule has 0 aromatic rings. The van der Waals surface area contributed by atoms with Crippen molar-refractivity contribution in [2.24, 2.45) is 0 Å². The Balaban J connectivity index is 2.90. The van der Waals surface area contributed by atoms with Crippen molar-refractivity contribution in [3.63, 3.8) is 0 Å². The minimum atomic E-state index is -1.13. The number of rotatable bonds is 2. The fourth-order valence-electron chi connectivity index (χ4n) is 0.333. The Morgan fingerprint density at radius 3 is 2.88 bits per heavy atom. The zero-order valence-electron chi connectivity index (χ0n) is 4.85. The maximum absolute atomic E-state index is 11.3. The van der Waals surface area contributed by atoms with Crippen LogP contribution in [0.1, 0.15) is 26.2 Å². The summed E-state index contributed by atoms with van der Waals surface area (Å²) in [5.41, 5.74) is 0. The molecule has 0 atom stereocenters. The molecule has 0 radical (unpaired) electrons. The molecular weight excluding hydrogens is 222 g/mol. The third-order valence-corrected chi connectivity index (χ3v) is 1.30. The first-order valence-corrected chi connectivity index (χ1v) is 4.39. The van der Waals surface area contributed by atoms with E-state index in [2.05, 4.69) is 13.2 Å². The second kappa shape index (κ2) is 8.06. The van der Waals surface area contributed by atoms with Gasteiger partial charge in [0, 0.05) is 0 Å². The van der Waals surface area contributed by atoms with Crippen molar-refractivity contribution < 1.29 is 45.2 Å². The van der Waals surface area contributed by atoms with Crippen LogP contribution in [0.15, 0.2) is 0 Å². The standard InChI is InChI=1S/C6H9FXe/c1-2-3-4-5-6-8-7/h2-4H2,1H3. The summed E-state index contributed by atoms with van der Waals surface area (Å²) in [7, 11) is 0. The fraction of sp³-hybridized carbons (Fsp3) is 0.667. The summed E-state index contributed by atoms with van der Waals surface area (Å²) in [6, 6.07) is 0. The monoisotopic (exact) mass is 232 g/mol. The summed E-state index contributed by atoms with van der Waals surface area (Å²) in [5.74, 6) is 2.75. The van der Waals surface area contributed by atoms with Crippen LogP contribution in [0.2, 0.25) is 0 Å². The molecule has 0 aromatic carbocycles. The fourth-order valence-corrected chi connectivity index (χ4v) is 0.720. The van der Waals surface area contributed by atoms with Gasteiger partial charge >= 0.3 is 77.7 Å². The Morgan fingerprint density at radius 2 is 2.38 bits per heavy atom. The number of unbranched alkanes of at least 4 members (excludes halogenated alkanes) is 2. The maximum atomic E-state index is 11.3. The average molecular weight is 231 g/mol. The molecule has 0 N–H and O–H groups in total. The van der Waals surface area contributed by atoms with E-state index in [1.54, 1.807) is 0 Å². The van der Waals surface area contributed by atoms with Crippen molar-refractivity contribution >= 4 is 0 Å². The van der Waals surface area contributed by atoms with E-state index in [0.717, 1.165) is 19.3 Å². The second-order valence-electron chi connectivity index (χ2n) is 1.44. The molecule has 0 aromatic heterocycles. The second-order valence-corrected chi connectivity index (χ2v) is 2.32. The van der Waals surface area contributed by atoms with Crippen LogP contribution in [-0.2, 0) is 0 Å². The zero-order valence-corrected chi connectivity index (χ0v) is 6.87. The van der Waals surface area contributed by atoms with Gasteiger partial charge in [-0.25, -0.2) is 0 Å². The van der Waals surface area contributed by atoms with Crippen molar-refractivity contribution in [3.05, 3.63) is 0 Å². The summed E-state index contributed by atoms with van der Waals surface area (Å²) in [5, 5.41) is 0. The molecule has 0 saturated carbocycles. The van der Waals surface area contributed by atoms with Gasteiger partial charge in [0.2, 0.25) is 0 Å². The number of halogens is 1. The van der Waals surface area contributed by atoms with Crippen LogP contribution >= 0.6 is 0 Å². The Kier molecular flexibility index (Phi) is 9.13. The molecule has 0 bridgehead atoms. The Bertz CT molecular complexity index is 90.4. The molecule has 0 aliphatic heterocycles. The van der Waals surface area contributed by atoms with Gasteiger partial charge in [0.1, 0.15) is 0 Å².